The quantitative estimate of drug-likeness (QED) is 0.610. The lowest BCUT2D eigenvalue weighted by Gasteiger charge is -2.07. The van der Waals surface area contributed by atoms with Crippen molar-refractivity contribution in [2.75, 3.05) is 0 Å². The zero-order valence-electron chi connectivity index (χ0n) is 14.1. The molecule has 0 saturated carbocycles. The Morgan fingerprint density at radius 2 is 1.68 bits per heavy atom. The second-order valence-electron chi connectivity index (χ2n) is 5.67. The van der Waals surface area contributed by atoms with Crippen molar-refractivity contribution in [3.63, 3.8) is 0 Å². The number of ketones is 1. The number of hydrogen-bond acceptors (Lipinski definition) is 3. The SMILES string of the molecule is CC(=O)/C(=C/c1ccc(OCc2ccccc2)cc1)c1ccccn1. The molecule has 0 unspecified atom stereocenters. The Bertz CT molecular complexity index is 854. The van der Waals surface area contributed by atoms with E-state index in [4.69, 9.17) is 4.74 Å². The molecule has 0 amide bonds. The Hall–Kier alpha value is -3.20. The number of carbonyl (C=O) groups is 1. The summed E-state index contributed by atoms with van der Waals surface area (Å²) in [5.74, 6) is 0.784. The van der Waals surface area contributed by atoms with Crippen LogP contribution in [-0.2, 0) is 11.4 Å². The van der Waals surface area contributed by atoms with Gasteiger partial charge in [-0.2, -0.15) is 0 Å². The number of benzene rings is 2. The molecule has 0 saturated heterocycles. The van der Waals surface area contributed by atoms with Crippen molar-refractivity contribution in [2.24, 2.45) is 0 Å². The molecular weight excluding hydrogens is 310 g/mol. The van der Waals surface area contributed by atoms with E-state index >= 15 is 0 Å². The number of Topliss-reactive ketones (excluding diaryl/α,β-unsaturated/α-hetero) is 1. The van der Waals surface area contributed by atoms with Crippen molar-refractivity contribution in [1.29, 1.82) is 0 Å². The number of allylic oxidation sites excluding steroid dienone is 1. The third-order valence-corrected chi connectivity index (χ3v) is 3.76. The van der Waals surface area contributed by atoms with Gasteiger partial charge in [0.25, 0.3) is 0 Å². The van der Waals surface area contributed by atoms with Gasteiger partial charge in [-0.3, -0.25) is 9.78 Å². The van der Waals surface area contributed by atoms with E-state index in [1.54, 1.807) is 13.1 Å². The summed E-state index contributed by atoms with van der Waals surface area (Å²) < 4.78 is 5.78. The summed E-state index contributed by atoms with van der Waals surface area (Å²) in [6.07, 6.45) is 3.54. The van der Waals surface area contributed by atoms with Crippen LogP contribution in [0.2, 0.25) is 0 Å². The molecule has 0 aliphatic rings. The number of ether oxygens (including phenoxy) is 1. The first-order valence-corrected chi connectivity index (χ1v) is 8.13. The molecule has 0 aliphatic carbocycles. The molecule has 1 heterocycles. The molecule has 3 rings (SSSR count). The minimum absolute atomic E-state index is 0.0110. The number of aromatic nitrogens is 1. The highest BCUT2D eigenvalue weighted by Crippen LogP contribution is 2.20. The van der Waals surface area contributed by atoms with Crippen molar-refractivity contribution in [3.8, 4) is 5.75 Å². The van der Waals surface area contributed by atoms with Crippen LogP contribution in [0.3, 0.4) is 0 Å². The lowest BCUT2D eigenvalue weighted by molar-refractivity contribution is -0.111. The molecule has 3 heteroatoms. The molecule has 0 spiro atoms. The molecule has 1 aromatic heterocycles. The van der Waals surface area contributed by atoms with E-state index in [0.29, 0.717) is 17.9 Å². The van der Waals surface area contributed by atoms with Crippen LogP contribution in [0.25, 0.3) is 11.6 Å². The third-order valence-electron chi connectivity index (χ3n) is 3.76. The number of carbonyl (C=O) groups excluding carboxylic acids is 1. The number of nitrogens with zero attached hydrogens (tertiary/aromatic N) is 1. The summed E-state index contributed by atoms with van der Waals surface area (Å²) in [4.78, 5) is 16.2. The lowest BCUT2D eigenvalue weighted by atomic mass is 10.0. The standard InChI is InChI=1S/C22H19NO2/c1-17(24)21(22-9-5-6-14-23-22)15-18-10-12-20(13-11-18)25-16-19-7-3-2-4-8-19/h2-15H,16H2,1H3/b21-15-. The highest BCUT2D eigenvalue weighted by atomic mass is 16.5. The van der Waals surface area contributed by atoms with Crippen LogP contribution in [0, 0.1) is 0 Å². The van der Waals surface area contributed by atoms with Gasteiger partial charge >= 0.3 is 0 Å². The second kappa shape index (κ2) is 8.06. The van der Waals surface area contributed by atoms with E-state index in [1.165, 1.54) is 0 Å². The van der Waals surface area contributed by atoms with Crippen LogP contribution in [0.1, 0.15) is 23.7 Å². The Morgan fingerprint density at radius 3 is 2.32 bits per heavy atom. The van der Waals surface area contributed by atoms with Gasteiger partial charge in [0.2, 0.25) is 0 Å². The summed E-state index contributed by atoms with van der Waals surface area (Å²) in [6.45, 7) is 2.08. The van der Waals surface area contributed by atoms with E-state index in [9.17, 15) is 4.79 Å². The predicted octanol–water partition coefficient (Wildman–Crippen LogP) is 4.79. The summed E-state index contributed by atoms with van der Waals surface area (Å²) in [5, 5.41) is 0. The molecule has 3 aromatic rings. The number of hydrogen-bond donors (Lipinski definition) is 0. The van der Waals surface area contributed by atoms with Crippen LogP contribution in [0.4, 0.5) is 0 Å². The van der Waals surface area contributed by atoms with Crippen LogP contribution in [0.15, 0.2) is 79.0 Å². The van der Waals surface area contributed by atoms with Gasteiger partial charge in [0.05, 0.1) is 5.69 Å². The molecule has 124 valence electrons. The topological polar surface area (TPSA) is 39.2 Å². The zero-order valence-corrected chi connectivity index (χ0v) is 14.1. The van der Waals surface area contributed by atoms with Crippen LogP contribution in [0.5, 0.6) is 5.75 Å². The first-order valence-electron chi connectivity index (χ1n) is 8.13. The maximum Gasteiger partial charge on any atom is 0.161 e. The van der Waals surface area contributed by atoms with Gasteiger partial charge in [0.15, 0.2) is 5.78 Å². The molecule has 0 fully saturated rings. The van der Waals surface area contributed by atoms with E-state index in [2.05, 4.69) is 4.98 Å². The highest BCUT2D eigenvalue weighted by molar-refractivity contribution is 6.23. The van der Waals surface area contributed by atoms with Crippen molar-refractivity contribution in [2.45, 2.75) is 13.5 Å². The van der Waals surface area contributed by atoms with Gasteiger partial charge in [-0.15, -0.1) is 0 Å². The Balaban J connectivity index is 1.74. The molecule has 0 atom stereocenters. The van der Waals surface area contributed by atoms with Gasteiger partial charge in [0.1, 0.15) is 12.4 Å². The van der Waals surface area contributed by atoms with E-state index < -0.39 is 0 Å². The summed E-state index contributed by atoms with van der Waals surface area (Å²) in [7, 11) is 0. The Labute approximate surface area is 147 Å². The van der Waals surface area contributed by atoms with E-state index in [1.807, 2.05) is 78.9 Å². The fourth-order valence-electron chi connectivity index (χ4n) is 2.45. The van der Waals surface area contributed by atoms with Crippen molar-refractivity contribution < 1.29 is 9.53 Å². The smallest absolute Gasteiger partial charge is 0.161 e. The molecule has 25 heavy (non-hydrogen) atoms. The van der Waals surface area contributed by atoms with E-state index in [-0.39, 0.29) is 5.78 Å². The molecule has 0 bridgehead atoms. The van der Waals surface area contributed by atoms with Crippen molar-refractivity contribution in [3.05, 3.63) is 95.8 Å². The molecule has 0 radical (unpaired) electrons. The average Bonchev–Trinajstić information content (AvgIpc) is 2.66. The fourth-order valence-corrected chi connectivity index (χ4v) is 2.45. The van der Waals surface area contributed by atoms with Crippen molar-refractivity contribution >= 4 is 17.4 Å². The number of rotatable bonds is 6. The predicted molar refractivity (Wildman–Crippen MR) is 100 cm³/mol. The second-order valence-corrected chi connectivity index (χ2v) is 5.67. The lowest BCUT2D eigenvalue weighted by Crippen LogP contribution is -1.98. The van der Waals surface area contributed by atoms with E-state index in [0.717, 1.165) is 16.9 Å². The van der Waals surface area contributed by atoms with Gasteiger partial charge in [0, 0.05) is 11.8 Å². The van der Waals surface area contributed by atoms with Crippen LogP contribution >= 0.6 is 0 Å². The van der Waals surface area contributed by atoms with Gasteiger partial charge in [-0.25, -0.2) is 0 Å². The first kappa shape index (κ1) is 16.7. The fraction of sp³-hybridized carbons (Fsp3) is 0.0909. The van der Waals surface area contributed by atoms with Gasteiger partial charge in [-0.1, -0.05) is 48.5 Å². The minimum Gasteiger partial charge on any atom is -0.489 e. The normalized spacial score (nSPS) is 11.2. The minimum atomic E-state index is -0.0110. The summed E-state index contributed by atoms with van der Waals surface area (Å²) in [6, 6.07) is 23.3. The van der Waals surface area contributed by atoms with Crippen molar-refractivity contribution in [1.82, 2.24) is 4.98 Å². The monoisotopic (exact) mass is 329 g/mol. The average molecular weight is 329 g/mol. The zero-order chi connectivity index (χ0) is 17.5. The molecule has 0 aliphatic heterocycles. The third kappa shape index (κ3) is 4.64. The largest absolute Gasteiger partial charge is 0.489 e. The van der Waals surface area contributed by atoms with Gasteiger partial charge in [-0.05, 0) is 48.4 Å². The molecule has 3 nitrogen and oxygen atoms in total. The Kier molecular flexibility index (Phi) is 5.37. The van der Waals surface area contributed by atoms with Crippen LogP contribution in [-0.4, -0.2) is 10.8 Å². The number of pyridine rings is 1. The molecular formula is C22H19NO2. The summed E-state index contributed by atoms with van der Waals surface area (Å²) in [5.41, 5.74) is 3.33. The summed E-state index contributed by atoms with van der Waals surface area (Å²) >= 11 is 0. The first-order chi connectivity index (χ1) is 12.2. The van der Waals surface area contributed by atoms with Gasteiger partial charge < -0.3 is 4.74 Å². The van der Waals surface area contributed by atoms with Crippen LogP contribution < -0.4 is 4.74 Å². The Morgan fingerprint density at radius 1 is 0.960 bits per heavy atom. The maximum absolute atomic E-state index is 11.9. The molecule has 0 N–H and O–H groups in total. The highest BCUT2D eigenvalue weighted by Gasteiger charge is 2.08. The maximum atomic E-state index is 11.9. The molecule has 2 aromatic carbocycles.